The summed E-state index contributed by atoms with van der Waals surface area (Å²) in [5.74, 6) is 0.558. The molecule has 7 heteroatoms. The van der Waals surface area contributed by atoms with Gasteiger partial charge < -0.3 is 4.74 Å². The molecule has 0 amide bonds. The molecule has 3 atom stereocenters. The first kappa shape index (κ1) is 14.0. The third kappa shape index (κ3) is 2.02. The van der Waals surface area contributed by atoms with Crippen LogP contribution >= 0.6 is 0 Å². The molecule has 2 aliphatic carbocycles. The first-order chi connectivity index (χ1) is 9.84. The van der Waals surface area contributed by atoms with Crippen molar-refractivity contribution in [3.8, 4) is 0 Å². The molecule has 3 unspecified atom stereocenters. The van der Waals surface area contributed by atoms with Crippen molar-refractivity contribution in [3.63, 3.8) is 0 Å². The molecule has 3 rings (SSSR count). The molecule has 0 aromatic carbocycles. The van der Waals surface area contributed by atoms with Crippen LogP contribution in [0.15, 0.2) is 17.4 Å². The van der Waals surface area contributed by atoms with Gasteiger partial charge in [0.2, 0.25) is 0 Å². The maximum atomic E-state index is 11.9. The zero-order valence-corrected chi connectivity index (χ0v) is 12.4. The zero-order chi connectivity index (χ0) is 15.3. The number of aromatic nitrogens is 3. The second-order valence-corrected chi connectivity index (χ2v) is 6.68. The van der Waals surface area contributed by atoms with Crippen LogP contribution in [0.3, 0.4) is 0 Å². The zero-order valence-electron chi connectivity index (χ0n) is 12.4. The van der Waals surface area contributed by atoms with E-state index >= 15 is 0 Å². The first-order valence-electron chi connectivity index (χ1n) is 7.12. The molecule has 2 saturated carbocycles. The molecule has 7 nitrogen and oxygen atoms in total. The predicted octanol–water partition coefficient (Wildman–Crippen LogP) is 1.42. The van der Waals surface area contributed by atoms with Crippen molar-refractivity contribution in [2.24, 2.45) is 16.7 Å². The lowest BCUT2D eigenvalue weighted by Crippen LogP contribution is -2.41. The van der Waals surface area contributed by atoms with Gasteiger partial charge in [0.25, 0.3) is 0 Å². The Bertz CT molecular complexity index is 627. The SMILES string of the molecule is CC1(C)C2CCC1(C)C(OC(=O)On1cncnc1=O)C2. The van der Waals surface area contributed by atoms with E-state index in [2.05, 4.69) is 30.7 Å². The summed E-state index contributed by atoms with van der Waals surface area (Å²) in [7, 11) is 0. The summed E-state index contributed by atoms with van der Waals surface area (Å²) in [5.41, 5.74) is -0.610. The van der Waals surface area contributed by atoms with E-state index in [0.717, 1.165) is 25.5 Å². The second-order valence-electron chi connectivity index (χ2n) is 6.68. The van der Waals surface area contributed by atoms with Gasteiger partial charge in [0.1, 0.15) is 18.8 Å². The van der Waals surface area contributed by atoms with Gasteiger partial charge in [0.15, 0.2) is 0 Å². The highest BCUT2D eigenvalue weighted by Crippen LogP contribution is 2.66. The second kappa shape index (κ2) is 4.54. The van der Waals surface area contributed by atoms with Crippen molar-refractivity contribution in [3.05, 3.63) is 23.1 Å². The van der Waals surface area contributed by atoms with E-state index in [9.17, 15) is 9.59 Å². The standard InChI is InChI=1S/C14H19N3O4/c1-13(2)9-4-5-14(13,3)10(6-9)20-12(19)21-17-8-15-7-16-11(17)18/h7-10H,4-6H2,1-3H3. The van der Waals surface area contributed by atoms with Gasteiger partial charge in [-0.2, -0.15) is 4.98 Å². The number of rotatable bonds is 2. The molecule has 2 aliphatic rings. The molecule has 1 aromatic heterocycles. The van der Waals surface area contributed by atoms with E-state index in [-0.39, 0.29) is 16.9 Å². The molecule has 114 valence electrons. The van der Waals surface area contributed by atoms with Gasteiger partial charge >= 0.3 is 11.8 Å². The maximum absolute atomic E-state index is 11.9. The third-order valence-electron chi connectivity index (χ3n) is 5.72. The monoisotopic (exact) mass is 293 g/mol. The van der Waals surface area contributed by atoms with Crippen LogP contribution in [0.4, 0.5) is 4.79 Å². The quantitative estimate of drug-likeness (QED) is 0.767. The fraction of sp³-hybridized carbons (Fsp3) is 0.714. The Morgan fingerprint density at radius 2 is 2.19 bits per heavy atom. The lowest BCUT2D eigenvalue weighted by molar-refractivity contribution is -0.0422. The van der Waals surface area contributed by atoms with Crippen molar-refractivity contribution in [1.82, 2.24) is 14.7 Å². The Morgan fingerprint density at radius 1 is 1.43 bits per heavy atom. The summed E-state index contributed by atoms with van der Waals surface area (Å²) in [6.07, 6.45) is 4.16. The van der Waals surface area contributed by atoms with E-state index in [1.807, 2.05) is 0 Å². The topological polar surface area (TPSA) is 83.3 Å². The number of carbonyl (C=O) groups is 1. The van der Waals surface area contributed by atoms with Crippen molar-refractivity contribution < 1.29 is 14.4 Å². The number of nitrogens with zero attached hydrogens (tertiary/aromatic N) is 3. The predicted molar refractivity (Wildman–Crippen MR) is 72.4 cm³/mol. The number of ether oxygens (including phenoxy) is 1. The van der Waals surface area contributed by atoms with Crippen LogP contribution in [0.25, 0.3) is 0 Å². The highest BCUT2D eigenvalue weighted by molar-refractivity contribution is 5.60. The van der Waals surface area contributed by atoms with Crippen LogP contribution in [-0.4, -0.2) is 27.0 Å². The fourth-order valence-electron chi connectivity index (χ4n) is 3.87. The number of hydrogen-bond acceptors (Lipinski definition) is 6. The summed E-state index contributed by atoms with van der Waals surface area (Å²) in [6.45, 7) is 6.62. The molecule has 0 radical (unpaired) electrons. The van der Waals surface area contributed by atoms with Crippen molar-refractivity contribution in [2.75, 3.05) is 0 Å². The lowest BCUT2D eigenvalue weighted by Gasteiger charge is -2.38. The summed E-state index contributed by atoms with van der Waals surface area (Å²) >= 11 is 0. The van der Waals surface area contributed by atoms with Gasteiger partial charge in [0.05, 0.1) is 0 Å². The lowest BCUT2D eigenvalue weighted by atomic mass is 9.70. The number of fused-ring (bicyclic) bond motifs is 2. The summed E-state index contributed by atoms with van der Waals surface area (Å²) in [5, 5.41) is 0. The van der Waals surface area contributed by atoms with Gasteiger partial charge in [-0.15, -0.1) is 4.73 Å². The van der Waals surface area contributed by atoms with Crippen LogP contribution < -0.4 is 10.5 Å². The fourth-order valence-corrected chi connectivity index (χ4v) is 3.87. The van der Waals surface area contributed by atoms with E-state index in [0.29, 0.717) is 10.6 Å². The molecule has 0 saturated heterocycles. The van der Waals surface area contributed by atoms with Crippen molar-refractivity contribution in [1.29, 1.82) is 0 Å². The van der Waals surface area contributed by atoms with Gasteiger partial charge in [0, 0.05) is 5.41 Å². The van der Waals surface area contributed by atoms with Crippen LogP contribution in [-0.2, 0) is 4.74 Å². The van der Waals surface area contributed by atoms with E-state index in [4.69, 9.17) is 9.57 Å². The Hall–Kier alpha value is -1.92. The Balaban J connectivity index is 1.70. The highest BCUT2D eigenvalue weighted by atomic mass is 16.8. The Labute approximate surface area is 122 Å². The van der Waals surface area contributed by atoms with Crippen LogP contribution in [0.5, 0.6) is 0 Å². The van der Waals surface area contributed by atoms with E-state index in [1.54, 1.807) is 0 Å². The minimum Gasteiger partial charge on any atom is -0.429 e. The molecular formula is C14H19N3O4. The van der Waals surface area contributed by atoms with Crippen LogP contribution in [0.1, 0.15) is 40.0 Å². The number of hydrogen-bond donors (Lipinski definition) is 0. The largest absolute Gasteiger partial charge is 0.534 e. The van der Waals surface area contributed by atoms with Crippen LogP contribution in [0.2, 0.25) is 0 Å². The summed E-state index contributed by atoms with van der Waals surface area (Å²) < 4.78 is 6.14. The average Bonchev–Trinajstić information content (AvgIpc) is 2.74. The molecule has 0 aliphatic heterocycles. The van der Waals surface area contributed by atoms with Gasteiger partial charge in [-0.3, -0.25) is 4.84 Å². The summed E-state index contributed by atoms with van der Waals surface area (Å²) in [4.78, 5) is 35.1. The molecule has 2 fully saturated rings. The average molecular weight is 293 g/mol. The maximum Gasteiger partial charge on any atom is 0.534 e. The Kier molecular flexibility index (Phi) is 3.04. The van der Waals surface area contributed by atoms with Gasteiger partial charge in [-0.05, 0) is 30.6 Å². The van der Waals surface area contributed by atoms with Crippen LogP contribution in [0, 0.1) is 16.7 Å². The first-order valence-corrected chi connectivity index (χ1v) is 7.12. The normalized spacial score (nSPS) is 32.9. The van der Waals surface area contributed by atoms with Gasteiger partial charge in [-0.1, -0.05) is 20.8 Å². The van der Waals surface area contributed by atoms with Crippen molar-refractivity contribution in [2.45, 2.75) is 46.1 Å². The van der Waals surface area contributed by atoms with Gasteiger partial charge in [-0.25, -0.2) is 14.6 Å². The molecule has 1 aromatic rings. The van der Waals surface area contributed by atoms with E-state index < -0.39 is 11.8 Å². The smallest absolute Gasteiger partial charge is 0.429 e. The highest BCUT2D eigenvalue weighted by Gasteiger charge is 2.63. The van der Waals surface area contributed by atoms with Crippen molar-refractivity contribution >= 4 is 6.16 Å². The molecule has 0 spiro atoms. The minimum atomic E-state index is -0.888. The van der Waals surface area contributed by atoms with E-state index in [1.165, 1.54) is 6.42 Å². The molecule has 1 heterocycles. The Morgan fingerprint density at radius 3 is 2.76 bits per heavy atom. The third-order valence-corrected chi connectivity index (χ3v) is 5.72. The molecule has 2 bridgehead atoms. The minimum absolute atomic E-state index is 0.0468. The molecule has 0 N–H and O–H groups in total. The molecule has 21 heavy (non-hydrogen) atoms. The number of carbonyl (C=O) groups excluding carboxylic acids is 1. The summed E-state index contributed by atoms with van der Waals surface area (Å²) in [6, 6.07) is 0. The molecular weight excluding hydrogens is 274 g/mol.